The highest BCUT2D eigenvalue weighted by Gasteiger charge is 2.28. The molecule has 5 heteroatoms. The van der Waals surface area contributed by atoms with Crippen LogP contribution in [0, 0.1) is 11.8 Å². The van der Waals surface area contributed by atoms with Crippen LogP contribution in [0.15, 0.2) is 0 Å². The summed E-state index contributed by atoms with van der Waals surface area (Å²) in [5, 5.41) is 11.4. The summed E-state index contributed by atoms with van der Waals surface area (Å²) in [6.45, 7) is 4.43. The van der Waals surface area contributed by atoms with Gasteiger partial charge in [-0.15, -0.1) is 0 Å². The third kappa shape index (κ3) is 5.37. The van der Waals surface area contributed by atoms with Crippen molar-refractivity contribution in [1.82, 2.24) is 5.32 Å². The molecule has 1 unspecified atom stereocenters. The first kappa shape index (κ1) is 13.9. The largest absolute Gasteiger partial charge is 0.481 e. The Labute approximate surface area is 89.8 Å². The van der Waals surface area contributed by atoms with Gasteiger partial charge in [-0.2, -0.15) is 0 Å². The Morgan fingerprint density at radius 1 is 1.40 bits per heavy atom. The molecule has 0 aromatic rings. The first-order valence-corrected chi connectivity index (χ1v) is 5.00. The third-order valence-corrected chi connectivity index (χ3v) is 2.04. The highest BCUT2D eigenvalue weighted by atomic mass is 16.5. The molecule has 2 N–H and O–H groups in total. The van der Waals surface area contributed by atoms with E-state index in [4.69, 9.17) is 9.84 Å². The normalized spacial score (nSPS) is 12.5. The molecule has 0 spiro atoms. The minimum absolute atomic E-state index is 0.204. The number of amides is 1. The average Bonchev–Trinajstić information content (AvgIpc) is 2.11. The van der Waals surface area contributed by atoms with Gasteiger partial charge in [0.1, 0.15) is 5.92 Å². The van der Waals surface area contributed by atoms with E-state index in [9.17, 15) is 9.59 Å². The van der Waals surface area contributed by atoms with E-state index in [0.717, 1.165) is 0 Å². The zero-order chi connectivity index (χ0) is 11.8. The van der Waals surface area contributed by atoms with Crippen LogP contribution in [0.25, 0.3) is 0 Å². The number of carboxylic acid groups (broad SMARTS) is 1. The van der Waals surface area contributed by atoms with E-state index >= 15 is 0 Å². The van der Waals surface area contributed by atoms with E-state index in [0.29, 0.717) is 19.6 Å². The van der Waals surface area contributed by atoms with Gasteiger partial charge in [0.15, 0.2) is 0 Å². The number of rotatable bonds is 7. The maximum atomic E-state index is 11.5. The van der Waals surface area contributed by atoms with Crippen molar-refractivity contribution in [3.05, 3.63) is 0 Å². The maximum absolute atomic E-state index is 11.5. The number of hydrogen-bond acceptors (Lipinski definition) is 3. The van der Waals surface area contributed by atoms with Gasteiger partial charge in [-0.25, -0.2) is 0 Å². The van der Waals surface area contributed by atoms with Gasteiger partial charge < -0.3 is 15.2 Å². The predicted octanol–water partition coefficient (Wildman–Crippen LogP) is 0.496. The lowest BCUT2D eigenvalue weighted by Crippen LogP contribution is -2.38. The molecule has 5 nitrogen and oxygen atoms in total. The second kappa shape index (κ2) is 7.23. The molecule has 1 amide bonds. The number of nitrogens with one attached hydrogen (secondary N) is 1. The summed E-state index contributed by atoms with van der Waals surface area (Å²) in [6.07, 6.45) is 0.687. The van der Waals surface area contributed by atoms with Crippen LogP contribution in [0.1, 0.15) is 20.3 Å². The number of carboxylic acids is 1. The van der Waals surface area contributed by atoms with Crippen molar-refractivity contribution in [2.24, 2.45) is 11.8 Å². The fourth-order valence-electron chi connectivity index (χ4n) is 1.24. The van der Waals surface area contributed by atoms with E-state index in [1.807, 2.05) is 0 Å². The van der Waals surface area contributed by atoms with Crippen LogP contribution in [0.3, 0.4) is 0 Å². The topological polar surface area (TPSA) is 75.6 Å². The lowest BCUT2D eigenvalue weighted by molar-refractivity contribution is -0.148. The van der Waals surface area contributed by atoms with Crippen molar-refractivity contribution in [2.45, 2.75) is 20.3 Å². The molecule has 0 heterocycles. The highest BCUT2D eigenvalue weighted by molar-refractivity contribution is 5.97. The monoisotopic (exact) mass is 217 g/mol. The minimum atomic E-state index is -1.07. The predicted molar refractivity (Wildman–Crippen MR) is 55.5 cm³/mol. The summed E-state index contributed by atoms with van der Waals surface area (Å²) in [6, 6.07) is 0. The Morgan fingerprint density at radius 2 is 2.00 bits per heavy atom. The zero-order valence-electron chi connectivity index (χ0n) is 9.45. The molecule has 0 aliphatic heterocycles. The van der Waals surface area contributed by atoms with Gasteiger partial charge in [-0.05, 0) is 12.3 Å². The van der Waals surface area contributed by atoms with Crippen LogP contribution in [-0.4, -0.2) is 37.2 Å². The van der Waals surface area contributed by atoms with Crippen molar-refractivity contribution >= 4 is 11.9 Å². The first-order valence-electron chi connectivity index (χ1n) is 5.00. The fraction of sp³-hybridized carbons (Fsp3) is 0.800. The Morgan fingerprint density at radius 3 is 2.40 bits per heavy atom. The van der Waals surface area contributed by atoms with E-state index in [2.05, 4.69) is 5.32 Å². The summed E-state index contributed by atoms with van der Waals surface area (Å²) >= 11 is 0. The van der Waals surface area contributed by atoms with Gasteiger partial charge >= 0.3 is 5.97 Å². The lowest BCUT2D eigenvalue weighted by Gasteiger charge is -2.15. The summed E-state index contributed by atoms with van der Waals surface area (Å²) in [5.41, 5.74) is 0. The van der Waals surface area contributed by atoms with Crippen molar-refractivity contribution in [2.75, 3.05) is 20.3 Å². The van der Waals surface area contributed by atoms with Crippen molar-refractivity contribution in [3.63, 3.8) is 0 Å². The van der Waals surface area contributed by atoms with Crippen molar-refractivity contribution in [3.8, 4) is 0 Å². The van der Waals surface area contributed by atoms with Crippen LogP contribution in [0.2, 0.25) is 0 Å². The molecule has 0 aromatic carbocycles. The van der Waals surface area contributed by atoms with E-state index in [-0.39, 0.29) is 5.92 Å². The molecule has 0 aliphatic carbocycles. The number of carbonyl (C=O) groups excluding carboxylic acids is 1. The van der Waals surface area contributed by atoms with Crippen LogP contribution in [-0.2, 0) is 14.3 Å². The Balaban J connectivity index is 3.99. The first-order chi connectivity index (χ1) is 7.00. The lowest BCUT2D eigenvalue weighted by atomic mass is 9.95. The SMILES string of the molecule is COCCCNC(=O)C(C(=O)O)C(C)C. The van der Waals surface area contributed by atoms with Gasteiger partial charge in [-0.1, -0.05) is 13.8 Å². The highest BCUT2D eigenvalue weighted by Crippen LogP contribution is 2.10. The molecular formula is C10H19NO4. The Kier molecular flexibility index (Phi) is 6.70. The standard InChI is InChI=1S/C10H19NO4/c1-7(2)8(10(13)14)9(12)11-5-4-6-15-3/h7-8H,4-6H2,1-3H3,(H,11,12)(H,13,14). The van der Waals surface area contributed by atoms with Gasteiger partial charge in [0.05, 0.1) is 0 Å². The molecular weight excluding hydrogens is 198 g/mol. The fourth-order valence-corrected chi connectivity index (χ4v) is 1.24. The quantitative estimate of drug-likeness (QED) is 0.481. The number of aliphatic carboxylic acids is 1. The van der Waals surface area contributed by atoms with Gasteiger partial charge in [0.25, 0.3) is 0 Å². The second-order valence-electron chi connectivity index (χ2n) is 3.70. The third-order valence-electron chi connectivity index (χ3n) is 2.04. The van der Waals surface area contributed by atoms with Crippen molar-refractivity contribution < 1.29 is 19.4 Å². The second-order valence-corrected chi connectivity index (χ2v) is 3.70. The van der Waals surface area contributed by atoms with Crippen LogP contribution < -0.4 is 5.32 Å². The zero-order valence-corrected chi connectivity index (χ0v) is 9.45. The summed E-state index contributed by atoms with van der Waals surface area (Å²) in [4.78, 5) is 22.2. The Bertz CT molecular complexity index is 215. The molecule has 0 fully saturated rings. The Hall–Kier alpha value is -1.10. The maximum Gasteiger partial charge on any atom is 0.316 e. The van der Waals surface area contributed by atoms with E-state index < -0.39 is 17.8 Å². The van der Waals surface area contributed by atoms with E-state index in [1.54, 1.807) is 21.0 Å². The molecule has 1 atom stereocenters. The number of ether oxygens (including phenoxy) is 1. The van der Waals surface area contributed by atoms with Crippen LogP contribution in [0.4, 0.5) is 0 Å². The van der Waals surface area contributed by atoms with Crippen molar-refractivity contribution in [1.29, 1.82) is 0 Å². The summed E-state index contributed by atoms with van der Waals surface area (Å²) in [7, 11) is 1.58. The molecule has 0 bridgehead atoms. The minimum Gasteiger partial charge on any atom is -0.481 e. The molecule has 15 heavy (non-hydrogen) atoms. The molecule has 0 rings (SSSR count). The molecule has 0 saturated heterocycles. The summed E-state index contributed by atoms with van der Waals surface area (Å²) < 4.78 is 4.81. The molecule has 88 valence electrons. The molecule has 0 aromatic heterocycles. The van der Waals surface area contributed by atoms with Gasteiger partial charge in [0, 0.05) is 20.3 Å². The molecule has 0 aliphatic rings. The van der Waals surface area contributed by atoms with Gasteiger partial charge in [0.2, 0.25) is 5.91 Å². The molecule has 0 saturated carbocycles. The number of hydrogen-bond donors (Lipinski definition) is 2. The van der Waals surface area contributed by atoms with Gasteiger partial charge in [-0.3, -0.25) is 9.59 Å². The average molecular weight is 217 g/mol. The smallest absolute Gasteiger partial charge is 0.316 e. The van der Waals surface area contributed by atoms with E-state index in [1.165, 1.54) is 0 Å². The van der Waals surface area contributed by atoms with Crippen LogP contribution >= 0.6 is 0 Å². The number of carbonyl (C=O) groups is 2. The van der Waals surface area contributed by atoms with Crippen LogP contribution in [0.5, 0.6) is 0 Å². The molecule has 0 radical (unpaired) electrons. The number of methoxy groups -OCH3 is 1. The summed E-state index contributed by atoms with van der Waals surface area (Å²) in [5.74, 6) is -2.67.